The number of hydrogen-bond donors (Lipinski definition) is 3. The number of phenols is 2. The quantitative estimate of drug-likeness (QED) is 0.291. The highest BCUT2D eigenvalue weighted by atomic mass is 16.3. The van der Waals surface area contributed by atoms with Crippen LogP contribution >= 0.6 is 0 Å². The summed E-state index contributed by atoms with van der Waals surface area (Å²) in [6.45, 7) is 3.21. The Labute approximate surface area is 207 Å². The monoisotopic (exact) mass is 464 g/mol. The fourth-order valence-electron chi connectivity index (χ4n) is 5.08. The SMILES string of the molecule is Oc1c(CNC[C@H]2CCCN2Cc2cccc(-c3ccccc3)c2O)cccc1-c1ccccc1. The number of aromatic hydroxyl groups is 2. The predicted molar refractivity (Wildman–Crippen MR) is 142 cm³/mol. The van der Waals surface area contributed by atoms with Crippen molar-refractivity contribution in [1.82, 2.24) is 10.2 Å². The van der Waals surface area contributed by atoms with E-state index in [4.69, 9.17) is 0 Å². The van der Waals surface area contributed by atoms with Crippen molar-refractivity contribution >= 4 is 0 Å². The number of para-hydroxylation sites is 2. The average molecular weight is 465 g/mol. The van der Waals surface area contributed by atoms with Gasteiger partial charge in [-0.3, -0.25) is 4.90 Å². The highest BCUT2D eigenvalue weighted by Crippen LogP contribution is 2.34. The van der Waals surface area contributed by atoms with Crippen LogP contribution in [0.3, 0.4) is 0 Å². The standard InChI is InChI=1S/C31H32N2O2/c34-30-25(14-7-17-28(30)23-10-3-1-4-11-23)20-32-21-27-16-9-19-33(27)22-26-15-8-18-29(31(26)35)24-12-5-2-6-13-24/h1-8,10-15,17-18,27,32,34-35H,9,16,19-22H2/t27-/m1/s1. The third kappa shape index (κ3) is 5.24. The zero-order valence-corrected chi connectivity index (χ0v) is 19.9. The zero-order valence-electron chi connectivity index (χ0n) is 19.9. The van der Waals surface area contributed by atoms with Crippen molar-refractivity contribution in [2.75, 3.05) is 13.1 Å². The van der Waals surface area contributed by atoms with Crippen molar-refractivity contribution < 1.29 is 10.2 Å². The minimum Gasteiger partial charge on any atom is -0.507 e. The molecule has 3 N–H and O–H groups in total. The van der Waals surface area contributed by atoms with Crippen LogP contribution in [-0.4, -0.2) is 34.2 Å². The van der Waals surface area contributed by atoms with Crippen LogP contribution in [0, 0.1) is 0 Å². The minimum atomic E-state index is 0.345. The van der Waals surface area contributed by atoms with Gasteiger partial charge < -0.3 is 15.5 Å². The Hall–Kier alpha value is -3.60. The van der Waals surface area contributed by atoms with Crippen LogP contribution in [0.2, 0.25) is 0 Å². The van der Waals surface area contributed by atoms with Crippen LogP contribution < -0.4 is 5.32 Å². The van der Waals surface area contributed by atoms with E-state index in [1.807, 2.05) is 97.1 Å². The molecule has 1 aliphatic rings. The second-order valence-electron chi connectivity index (χ2n) is 9.26. The number of nitrogens with zero attached hydrogens (tertiary/aromatic N) is 1. The lowest BCUT2D eigenvalue weighted by molar-refractivity contribution is 0.236. The van der Waals surface area contributed by atoms with Crippen LogP contribution in [-0.2, 0) is 13.1 Å². The number of likely N-dealkylation sites (tertiary alicyclic amines) is 1. The van der Waals surface area contributed by atoms with Gasteiger partial charge in [0.1, 0.15) is 11.5 Å². The van der Waals surface area contributed by atoms with Crippen molar-refractivity contribution in [2.45, 2.75) is 32.0 Å². The van der Waals surface area contributed by atoms with E-state index in [0.29, 0.717) is 24.1 Å². The number of phenolic OH excluding ortho intramolecular Hbond substituents is 2. The van der Waals surface area contributed by atoms with Gasteiger partial charge in [-0.25, -0.2) is 0 Å². The van der Waals surface area contributed by atoms with Gasteiger partial charge in [-0.2, -0.15) is 0 Å². The molecular weight excluding hydrogens is 432 g/mol. The number of nitrogens with one attached hydrogen (secondary N) is 1. The Bertz CT molecular complexity index is 1260. The second kappa shape index (κ2) is 10.8. The minimum absolute atomic E-state index is 0.345. The Kier molecular flexibility index (Phi) is 7.12. The lowest BCUT2D eigenvalue weighted by atomic mass is 10.0. The molecule has 1 saturated heterocycles. The molecule has 0 spiro atoms. The van der Waals surface area contributed by atoms with Gasteiger partial charge in [0, 0.05) is 47.9 Å². The smallest absolute Gasteiger partial charge is 0.127 e. The maximum absolute atomic E-state index is 11.0. The molecule has 4 aromatic rings. The Morgan fingerprint density at radius 3 is 1.89 bits per heavy atom. The van der Waals surface area contributed by atoms with E-state index in [1.165, 1.54) is 0 Å². The van der Waals surface area contributed by atoms with Crippen molar-refractivity contribution in [3.8, 4) is 33.8 Å². The summed E-state index contributed by atoms with van der Waals surface area (Å²) < 4.78 is 0. The molecule has 0 bridgehead atoms. The van der Waals surface area contributed by atoms with Crippen LogP contribution in [0.1, 0.15) is 24.0 Å². The molecule has 1 atom stereocenters. The number of hydrogen-bond acceptors (Lipinski definition) is 4. The molecule has 0 saturated carbocycles. The summed E-state index contributed by atoms with van der Waals surface area (Å²) in [7, 11) is 0. The molecule has 178 valence electrons. The Morgan fingerprint density at radius 1 is 0.686 bits per heavy atom. The molecule has 4 nitrogen and oxygen atoms in total. The van der Waals surface area contributed by atoms with Gasteiger partial charge in [-0.05, 0) is 30.5 Å². The Morgan fingerprint density at radius 2 is 1.26 bits per heavy atom. The second-order valence-corrected chi connectivity index (χ2v) is 9.26. The van der Waals surface area contributed by atoms with Crippen molar-refractivity contribution in [1.29, 1.82) is 0 Å². The number of rotatable bonds is 8. The van der Waals surface area contributed by atoms with Gasteiger partial charge >= 0.3 is 0 Å². The maximum Gasteiger partial charge on any atom is 0.127 e. The first-order valence-electron chi connectivity index (χ1n) is 12.4. The largest absolute Gasteiger partial charge is 0.507 e. The van der Waals surface area contributed by atoms with E-state index in [0.717, 1.165) is 65.9 Å². The van der Waals surface area contributed by atoms with Crippen LogP contribution in [0.5, 0.6) is 11.5 Å². The van der Waals surface area contributed by atoms with Gasteiger partial charge in [0.2, 0.25) is 0 Å². The van der Waals surface area contributed by atoms with Crippen molar-refractivity contribution in [2.24, 2.45) is 0 Å². The molecule has 35 heavy (non-hydrogen) atoms. The Balaban J connectivity index is 1.23. The molecule has 0 unspecified atom stereocenters. The summed E-state index contributed by atoms with van der Waals surface area (Å²) in [6.07, 6.45) is 2.28. The molecule has 0 aliphatic carbocycles. The molecule has 1 fully saturated rings. The third-order valence-corrected chi connectivity index (χ3v) is 6.98. The first kappa shape index (κ1) is 23.2. The number of benzene rings is 4. The van der Waals surface area contributed by atoms with Gasteiger partial charge in [0.05, 0.1) is 0 Å². The van der Waals surface area contributed by atoms with Crippen LogP contribution in [0.4, 0.5) is 0 Å². The lowest BCUT2D eigenvalue weighted by Crippen LogP contribution is -2.37. The summed E-state index contributed by atoms with van der Waals surface area (Å²) >= 11 is 0. The molecule has 1 heterocycles. The van der Waals surface area contributed by atoms with Gasteiger partial charge in [-0.15, -0.1) is 0 Å². The average Bonchev–Trinajstić information content (AvgIpc) is 3.34. The molecule has 0 radical (unpaired) electrons. The maximum atomic E-state index is 11.0. The lowest BCUT2D eigenvalue weighted by Gasteiger charge is -2.26. The third-order valence-electron chi connectivity index (χ3n) is 6.98. The molecule has 5 rings (SSSR count). The molecular formula is C31H32N2O2. The summed E-state index contributed by atoms with van der Waals surface area (Å²) in [5, 5.41) is 25.4. The zero-order chi connectivity index (χ0) is 24.0. The fraction of sp³-hybridized carbons (Fsp3) is 0.226. The van der Waals surface area contributed by atoms with E-state index < -0.39 is 0 Å². The van der Waals surface area contributed by atoms with Gasteiger partial charge in [0.15, 0.2) is 0 Å². The first-order valence-corrected chi connectivity index (χ1v) is 12.4. The fourth-order valence-corrected chi connectivity index (χ4v) is 5.08. The predicted octanol–water partition coefficient (Wildman–Crippen LogP) is 6.19. The summed E-state index contributed by atoms with van der Waals surface area (Å²) in [5.74, 6) is 0.720. The van der Waals surface area contributed by atoms with E-state index in [2.05, 4.69) is 10.2 Å². The van der Waals surface area contributed by atoms with Crippen LogP contribution in [0.25, 0.3) is 22.3 Å². The van der Waals surface area contributed by atoms with Crippen molar-refractivity contribution in [3.63, 3.8) is 0 Å². The molecule has 4 heteroatoms. The highest BCUT2D eigenvalue weighted by molar-refractivity contribution is 5.72. The van der Waals surface area contributed by atoms with E-state index in [1.54, 1.807) is 0 Å². The normalized spacial score (nSPS) is 15.9. The topological polar surface area (TPSA) is 55.7 Å². The van der Waals surface area contributed by atoms with Gasteiger partial charge in [-0.1, -0.05) is 97.1 Å². The van der Waals surface area contributed by atoms with E-state index >= 15 is 0 Å². The molecule has 0 amide bonds. The van der Waals surface area contributed by atoms with E-state index in [-0.39, 0.29) is 0 Å². The van der Waals surface area contributed by atoms with Crippen LogP contribution in [0.15, 0.2) is 97.1 Å². The van der Waals surface area contributed by atoms with Gasteiger partial charge in [0.25, 0.3) is 0 Å². The summed E-state index contributed by atoms with van der Waals surface area (Å²) in [4.78, 5) is 2.46. The molecule has 1 aliphatic heterocycles. The first-order chi connectivity index (χ1) is 17.2. The highest BCUT2D eigenvalue weighted by Gasteiger charge is 2.25. The summed E-state index contributed by atoms with van der Waals surface area (Å²) in [6, 6.07) is 32.4. The summed E-state index contributed by atoms with van der Waals surface area (Å²) in [5.41, 5.74) is 5.66. The molecule has 4 aromatic carbocycles. The van der Waals surface area contributed by atoms with Crippen molar-refractivity contribution in [3.05, 3.63) is 108 Å². The molecule has 0 aromatic heterocycles. The van der Waals surface area contributed by atoms with E-state index in [9.17, 15) is 10.2 Å².